The Labute approximate surface area is 776 Å². The Morgan fingerprint density at radius 2 is 0.719 bits per heavy atom. The molecular weight excluding hydrogens is 1730 g/mol. The molecule has 12 atom stereocenters. The minimum Gasteiger partial charge on any atom is -0.481 e. The first kappa shape index (κ1) is 94.0. The van der Waals surface area contributed by atoms with E-state index in [4.69, 9.17) is 42.9 Å². The molecular formula is C99H110F3N23O10. The molecule has 13 aromatic rings. The van der Waals surface area contributed by atoms with E-state index in [9.17, 15) is 47.4 Å². The van der Waals surface area contributed by atoms with Crippen molar-refractivity contribution in [3.63, 3.8) is 0 Å². The number of benzene rings is 2. The average Bonchev–Trinajstić information content (AvgIpc) is 1.77. The molecule has 13 heterocycles. The van der Waals surface area contributed by atoms with Gasteiger partial charge in [0.15, 0.2) is 0 Å². The highest BCUT2D eigenvalue weighted by Crippen LogP contribution is 2.44. The van der Waals surface area contributed by atoms with Crippen LogP contribution in [-0.4, -0.2) is 186 Å². The summed E-state index contributed by atoms with van der Waals surface area (Å²) in [5, 5.41) is 40.2. The lowest BCUT2D eigenvalue weighted by molar-refractivity contribution is -0.118. The van der Waals surface area contributed by atoms with Crippen molar-refractivity contribution in [1.29, 1.82) is 0 Å². The number of carbonyl (C=O) groups excluding carboxylic acids is 5. The first-order valence-corrected chi connectivity index (χ1v) is 45.5. The maximum Gasteiger partial charge on any atom is 0.231 e. The van der Waals surface area contributed by atoms with Crippen molar-refractivity contribution in [3.05, 3.63) is 169 Å². The molecule has 5 saturated carbocycles. The summed E-state index contributed by atoms with van der Waals surface area (Å²) in [6.07, 6.45) is 16.5. The molecule has 11 aromatic heterocycles. The number of aromatic nitrogens is 11. The summed E-state index contributed by atoms with van der Waals surface area (Å²) in [6, 6.07) is 37.3. The third-order valence-corrected chi connectivity index (χ3v) is 25.6. The molecule has 0 bridgehead atoms. The number of aliphatic hydroxyl groups excluding tert-OH is 2. The molecule has 702 valence electrons. The average molecular weight is 1840 g/mol. The van der Waals surface area contributed by atoms with Gasteiger partial charge in [0.25, 0.3) is 0 Å². The number of hydrogen-bond donors (Lipinski definition) is 12. The molecule has 2 aromatic carbocycles. The van der Waals surface area contributed by atoms with Gasteiger partial charge in [-0.3, -0.25) is 24.0 Å². The number of nitrogens with two attached hydrogens (primary N) is 5. The van der Waals surface area contributed by atoms with Crippen LogP contribution in [0.25, 0.3) is 87.6 Å². The number of nitrogens with one attached hydrogen (secondary N) is 5. The van der Waals surface area contributed by atoms with Crippen LogP contribution < -0.4 is 69.8 Å². The van der Waals surface area contributed by atoms with Crippen molar-refractivity contribution in [3.8, 4) is 39.7 Å². The lowest BCUT2D eigenvalue weighted by atomic mass is 10.0. The number of methoxy groups -OCH3 is 3. The number of amides is 5. The monoisotopic (exact) mass is 1840 g/mol. The summed E-state index contributed by atoms with van der Waals surface area (Å²) in [5.41, 5.74) is 39.4. The van der Waals surface area contributed by atoms with Crippen LogP contribution in [0, 0.1) is 48.3 Å². The Morgan fingerprint density at radius 1 is 0.407 bits per heavy atom. The van der Waals surface area contributed by atoms with E-state index in [1.54, 1.807) is 82.8 Å². The van der Waals surface area contributed by atoms with Gasteiger partial charge in [-0.15, -0.1) is 0 Å². The maximum absolute atomic E-state index is 13.1. The molecule has 2 saturated heterocycles. The van der Waals surface area contributed by atoms with Gasteiger partial charge < -0.3 is 89.5 Å². The molecule has 0 radical (unpaired) electrons. The van der Waals surface area contributed by atoms with E-state index in [0.29, 0.717) is 124 Å². The number of aryl methyl sites for hydroxylation is 3. The van der Waals surface area contributed by atoms with Crippen LogP contribution in [0.5, 0.6) is 5.88 Å². The molecule has 7 fully saturated rings. The van der Waals surface area contributed by atoms with Gasteiger partial charge in [0.1, 0.15) is 88.3 Å². The summed E-state index contributed by atoms with van der Waals surface area (Å²) in [7, 11) is 4.86. The van der Waals surface area contributed by atoms with E-state index < -0.39 is 36.3 Å². The molecule has 33 nitrogen and oxygen atoms in total. The highest BCUT2D eigenvalue weighted by atomic mass is 19.1. The van der Waals surface area contributed by atoms with Crippen molar-refractivity contribution in [2.75, 3.05) is 126 Å². The molecule has 20 rings (SSSR count). The maximum atomic E-state index is 13.1. The molecule has 5 amide bonds. The Bertz CT molecular complexity index is 6320. The summed E-state index contributed by atoms with van der Waals surface area (Å²) in [5.74, 6) is 4.02. The Balaban J connectivity index is 0.000000123. The number of rotatable bonds is 26. The molecule has 7 aliphatic rings. The predicted octanol–water partition coefficient (Wildman–Crippen LogP) is 13.9. The smallest absolute Gasteiger partial charge is 0.231 e. The van der Waals surface area contributed by atoms with Gasteiger partial charge in [-0.05, 0) is 207 Å². The second-order valence-corrected chi connectivity index (χ2v) is 35.1. The summed E-state index contributed by atoms with van der Waals surface area (Å²) in [6.45, 7) is 9.42. The van der Waals surface area contributed by atoms with Gasteiger partial charge in [0.2, 0.25) is 35.4 Å². The minimum absolute atomic E-state index is 0.00643. The Morgan fingerprint density at radius 3 is 1.03 bits per heavy atom. The van der Waals surface area contributed by atoms with Crippen molar-refractivity contribution in [1.82, 2.24) is 54.8 Å². The van der Waals surface area contributed by atoms with Crippen LogP contribution in [0.2, 0.25) is 0 Å². The largest absolute Gasteiger partial charge is 0.481 e. The molecule has 2 aliphatic heterocycles. The number of anilines is 12. The van der Waals surface area contributed by atoms with Crippen molar-refractivity contribution in [2.45, 2.75) is 135 Å². The van der Waals surface area contributed by atoms with Crippen LogP contribution >= 0.6 is 0 Å². The van der Waals surface area contributed by atoms with Gasteiger partial charge in [0.05, 0.1) is 41.9 Å². The van der Waals surface area contributed by atoms with Crippen LogP contribution in [0.3, 0.4) is 0 Å². The lowest BCUT2D eigenvalue weighted by Crippen LogP contribution is -2.30. The van der Waals surface area contributed by atoms with E-state index in [2.05, 4.69) is 129 Å². The fraction of sp³-hybridized carbons (Fsp3) is 0.374. The quantitative estimate of drug-likeness (QED) is 0.0239. The van der Waals surface area contributed by atoms with Gasteiger partial charge in [-0.2, -0.15) is 0 Å². The zero-order valence-electron chi connectivity index (χ0n) is 75.8. The molecule has 5 aliphatic carbocycles. The molecule has 0 spiro atoms. The topological polar surface area (TPSA) is 492 Å². The Hall–Kier alpha value is -14.2. The van der Waals surface area contributed by atoms with Crippen LogP contribution in [0.4, 0.5) is 83.0 Å². The highest BCUT2D eigenvalue weighted by molar-refractivity contribution is 6.04. The van der Waals surface area contributed by atoms with Crippen LogP contribution in [0.1, 0.15) is 101 Å². The minimum atomic E-state index is -1.05. The van der Waals surface area contributed by atoms with E-state index in [0.717, 1.165) is 147 Å². The lowest BCUT2D eigenvalue weighted by Gasteiger charge is -2.25. The first-order valence-electron chi connectivity index (χ1n) is 45.5. The standard InChI is InChI=1S/2C22H24N4O2.C19H18FN5O2.2C18H22FN5O2/c2*1-3-13-6-4-5-7-16(13)19-9-14-10-20(24-11-18(14)21(23)25-19)26-22(27)17-8-15(17)12-28-2;1-9-7-23-17(27-2)6-11(9)15-3-10-4-16(22-8-13(10)18(21)24-15)25-19(26)12-5-14(12)20;2*19-14-8-12(14)18(26)22-15-6-10-7-16(23-17(20)13(10)9-21-15)24-4-1-2-11(24)3-5-25/h2*4-7,9-11,15,17H,3,8,12H2,1-2H3,(H2,23,25)(H,24,26,27);3-4,6-8,12,14H,5H2,1-2H3,(H2,21,24)(H,22,25,26);2*6-7,9,11-12,14,25H,1-5,8H2,(H2,20,23)(H,21,22,26)/t2*15-,17+;12-,14+;2*11?,12-,14+/m10110/s1. The molecule has 36 heteroatoms. The third kappa shape index (κ3) is 22.2. The summed E-state index contributed by atoms with van der Waals surface area (Å²) >= 11 is 0. The second kappa shape index (κ2) is 41.5. The fourth-order valence-corrected chi connectivity index (χ4v) is 17.4. The van der Waals surface area contributed by atoms with Gasteiger partial charge in [-0.1, -0.05) is 62.4 Å². The number of aliphatic hydroxyl groups is 2. The highest BCUT2D eigenvalue weighted by Gasteiger charge is 2.47. The number of carbonyl (C=O) groups is 5. The Kier molecular flexibility index (Phi) is 28.9. The summed E-state index contributed by atoms with van der Waals surface area (Å²) < 4.78 is 54.6. The number of alkyl halides is 3. The molecule has 17 N–H and O–H groups in total. The zero-order chi connectivity index (χ0) is 95.0. The van der Waals surface area contributed by atoms with Crippen molar-refractivity contribution in [2.24, 2.45) is 41.4 Å². The van der Waals surface area contributed by atoms with Gasteiger partial charge in [0, 0.05) is 165 Å². The normalized spacial score (nSPS) is 20.8. The van der Waals surface area contributed by atoms with E-state index >= 15 is 0 Å². The fourth-order valence-electron chi connectivity index (χ4n) is 17.4. The number of nitrogen functional groups attached to an aromatic ring is 5. The van der Waals surface area contributed by atoms with E-state index in [1.807, 2.05) is 73.7 Å². The third-order valence-electron chi connectivity index (χ3n) is 25.6. The van der Waals surface area contributed by atoms with E-state index in [-0.39, 0.29) is 85.9 Å². The number of ether oxygens (including phenoxy) is 3. The SMILES string of the molecule is CCc1ccccc1-c1cc2cc(NC(=O)[C@@H]3C[C@H]3COC)ncc2c(N)n1.CCc1ccccc1-c1cc2cc(NC(=O)[C@H]3C[C@@H]3COC)ncc2c(N)n1.COc1cc(-c2cc3cc(NC(=O)[C@@H]4C[C@@H]4F)ncc3c(N)n2)c(C)cn1.Nc1nc(N2CCCC2CCO)cc2cc(NC(=O)[C@@H]3C[C@@H]3F)ncc12.Nc1nc(N2CCCC2CCO)cc2cc(NC(=O)[C@H]3C[C@H]3F)ncc12. The predicted molar refractivity (Wildman–Crippen MR) is 517 cm³/mol. The van der Waals surface area contributed by atoms with Crippen molar-refractivity contribution < 1.29 is 61.6 Å². The number of halogens is 3. The number of pyridine rings is 11. The van der Waals surface area contributed by atoms with E-state index in [1.165, 1.54) is 11.1 Å². The van der Waals surface area contributed by atoms with Crippen LogP contribution in [0.15, 0.2) is 152 Å². The van der Waals surface area contributed by atoms with Gasteiger partial charge in [-0.25, -0.2) is 68.0 Å². The number of nitrogens with zero attached hydrogens (tertiary/aromatic N) is 13. The number of hydrogen-bond acceptors (Lipinski definition) is 28. The second-order valence-electron chi connectivity index (χ2n) is 35.1. The number of fused-ring (bicyclic) bond motifs is 5. The first-order chi connectivity index (χ1) is 65.3. The molecule has 135 heavy (non-hydrogen) atoms. The zero-order valence-corrected chi connectivity index (χ0v) is 75.8. The summed E-state index contributed by atoms with van der Waals surface area (Å²) in [4.78, 5) is 113. The van der Waals surface area contributed by atoms with Gasteiger partial charge >= 0.3 is 0 Å². The molecule has 2 unspecified atom stereocenters. The van der Waals surface area contributed by atoms with Crippen molar-refractivity contribution >= 4 is 153 Å². The van der Waals surface area contributed by atoms with Crippen LogP contribution in [-0.2, 0) is 46.3 Å².